The molecule has 1 unspecified atom stereocenters. The number of aliphatic hydroxyl groups excluding tert-OH is 1. The van der Waals surface area contributed by atoms with E-state index in [1.807, 2.05) is 0 Å². The van der Waals surface area contributed by atoms with Crippen molar-refractivity contribution < 1.29 is 22.8 Å². The maximum absolute atomic E-state index is 13.4. The summed E-state index contributed by atoms with van der Waals surface area (Å²) in [6.07, 6.45) is -0.882. The van der Waals surface area contributed by atoms with E-state index in [0.717, 1.165) is 12.1 Å². The normalized spacial score (nSPS) is 13.4. The average molecular weight is 306 g/mol. The molecule has 9 heteroatoms. The van der Waals surface area contributed by atoms with Gasteiger partial charge in [-0.25, -0.2) is 13.1 Å². The highest BCUT2D eigenvalue weighted by atomic mass is 32.2. The van der Waals surface area contributed by atoms with Crippen molar-refractivity contribution in [2.24, 2.45) is 5.92 Å². The van der Waals surface area contributed by atoms with E-state index in [0.29, 0.717) is 6.07 Å². The van der Waals surface area contributed by atoms with Crippen LogP contribution in [0.25, 0.3) is 0 Å². The van der Waals surface area contributed by atoms with Crippen LogP contribution in [0.2, 0.25) is 0 Å². The van der Waals surface area contributed by atoms with Gasteiger partial charge in [0.15, 0.2) is 0 Å². The molecule has 0 spiro atoms. The lowest BCUT2D eigenvalue weighted by molar-refractivity contribution is -0.387. The van der Waals surface area contributed by atoms with Crippen LogP contribution in [0.1, 0.15) is 13.8 Å². The molecular weight excluding hydrogens is 291 g/mol. The highest BCUT2D eigenvalue weighted by molar-refractivity contribution is 7.89. The lowest BCUT2D eigenvalue weighted by atomic mass is 10.1. The van der Waals surface area contributed by atoms with Gasteiger partial charge in [0.25, 0.3) is 0 Å². The maximum Gasteiger partial charge on any atom is 0.304 e. The fourth-order valence-electron chi connectivity index (χ4n) is 1.32. The lowest BCUT2D eigenvalue weighted by Crippen LogP contribution is -2.34. The topological polar surface area (TPSA) is 110 Å². The Morgan fingerprint density at radius 3 is 2.50 bits per heavy atom. The Balaban J connectivity index is 2.94. The first-order valence-corrected chi connectivity index (χ1v) is 7.25. The molecule has 0 radical (unpaired) electrons. The van der Waals surface area contributed by atoms with Gasteiger partial charge < -0.3 is 5.11 Å². The second kappa shape index (κ2) is 6.25. The Kier molecular flexibility index (Phi) is 5.15. The van der Waals surface area contributed by atoms with E-state index in [1.165, 1.54) is 0 Å². The quantitative estimate of drug-likeness (QED) is 0.602. The van der Waals surface area contributed by atoms with Crippen molar-refractivity contribution in [1.29, 1.82) is 0 Å². The van der Waals surface area contributed by atoms with Crippen molar-refractivity contribution in [3.63, 3.8) is 0 Å². The molecule has 0 fully saturated rings. The highest BCUT2D eigenvalue weighted by Crippen LogP contribution is 2.20. The molecule has 2 N–H and O–H groups in total. The van der Waals surface area contributed by atoms with Crippen LogP contribution in [0.4, 0.5) is 10.1 Å². The molecule has 0 aliphatic rings. The van der Waals surface area contributed by atoms with E-state index in [4.69, 9.17) is 0 Å². The van der Waals surface area contributed by atoms with Crippen LogP contribution < -0.4 is 4.72 Å². The van der Waals surface area contributed by atoms with Crippen molar-refractivity contribution in [3.05, 3.63) is 34.1 Å². The molecule has 0 bridgehead atoms. The third kappa shape index (κ3) is 3.95. The van der Waals surface area contributed by atoms with Crippen molar-refractivity contribution in [3.8, 4) is 0 Å². The third-order valence-corrected chi connectivity index (χ3v) is 4.10. The summed E-state index contributed by atoms with van der Waals surface area (Å²) in [6, 6.07) is 2.29. The first kappa shape index (κ1) is 16.5. The van der Waals surface area contributed by atoms with Crippen molar-refractivity contribution in [2.45, 2.75) is 24.8 Å². The van der Waals surface area contributed by atoms with Gasteiger partial charge in [-0.2, -0.15) is 4.39 Å². The molecule has 0 aliphatic heterocycles. The Labute approximate surface area is 115 Å². The van der Waals surface area contributed by atoms with Gasteiger partial charge in [0, 0.05) is 18.7 Å². The number of hydrogen-bond acceptors (Lipinski definition) is 5. The van der Waals surface area contributed by atoms with Crippen LogP contribution >= 0.6 is 0 Å². The molecule has 112 valence electrons. The molecule has 0 aromatic heterocycles. The minimum atomic E-state index is -4.03. The molecule has 1 aromatic rings. The van der Waals surface area contributed by atoms with Gasteiger partial charge in [0.2, 0.25) is 15.8 Å². The molecule has 0 amide bonds. The lowest BCUT2D eigenvalue weighted by Gasteiger charge is -2.15. The molecule has 1 atom stereocenters. The zero-order valence-corrected chi connectivity index (χ0v) is 11.7. The number of rotatable bonds is 6. The minimum absolute atomic E-state index is 0.147. The molecule has 1 aromatic carbocycles. The Morgan fingerprint density at radius 2 is 2.05 bits per heavy atom. The van der Waals surface area contributed by atoms with E-state index in [2.05, 4.69) is 4.72 Å². The summed E-state index contributed by atoms with van der Waals surface area (Å²) in [7, 11) is -4.03. The number of sulfonamides is 1. The first-order valence-electron chi connectivity index (χ1n) is 5.77. The minimum Gasteiger partial charge on any atom is -0.391 e. The van der Waals surface area contributed by atoms with Gasteiger partial charge in [0.1, 0.15) is 0 Å². The number of nitro groups is 1. The number of aliphatic hydroxyl groups is 1. The van der Waals surface area contributed by atoms with Crippen molar-refractivity contribution in [2.75, 3.05) is 6.54 Å². The second-order valence-corrected chi connectivity index (χ2v) is 6.30. The molecule has 20 heavy (non-hydrogen) atoms. The summed E-state index contributed by atoms with van der Waals surface area (Å²) in [5.41, 5.74) is -0.800. The van der Waals surface area contributed by atoms with Crippen molar-refractivity contribution >= 4 is 15.7 Å². The maximum atomic E-state index is 13.4. The number of nitrogens with zero attached hydrogens (tertiary/aromatic N) is 1. The third-order valence-electron chi connectivity index (χ3n) is 2.68. The fourth-order valence-corrected chi connectivity index (χ4v) is 2.38. The summed E-state index contributed by atoms with van der Waals surface area (Å²) in [4.78, 5) is 9.06. The second-order valence-electron chi connectivity index (χ2n) is 4.53. The van der Waals surface area contributed by atoms with Crippen LogP contribution in [-0.4, -0.2) is 31.1 Å². The van der Waals surface area contributed by atoms with E-state index in [9.17, 15) is 28.0 Å². The van der Waals surface area contributed by atoms with Gasteiger partial charge in [-0.1, -0.05) is 13.8 Å². The molecule has 0 saturated heterocycles. The van der Waals surface area contributed by atoms with E-state index in [1.54, 1.807) is 13.8 Å². The summed E-state index contributed by atoms with van der Waals surface area (Å²) >= 11 is 0. The van der Waals surface area contributed by atoms with Crippen LogP contribution in [0, 0.1) is 21.8 Å². The molecule has 1 rings (SSSR count). The van der Waals surface area contributed by atoms with Crippen molar-refractivity contribution in [1.82, 2.24) is 4.72 Å². The van der Waals surface area contributed by atoms with Gasteiger partial charge in [-0.3, -0.25) is 10.1 Å². The van der Waals surface area contributed by atoms with Gasteiger partial charge in [-0.05, 0) is 12.0 Å². The summed E-state index contributed by atoms with van der Waals surface area (Å²) in [5.74, 6) is -1.38. The predicted molar refractivity (Wildman–Crippen MR) is 69.1 cm³/mol. The van der Waals surface area contributed by atoms with Crippen LogP contribution in [0.15, 0.2) is 23.1 Å². The van der Waals surface area contributed by atoms with Gasteiger partial charge in [-0.15, -0.1) is 0 Å². The SMILES string of the molecule is CC(C)C(O)CNS(=O)(=O)c1ccc([N+](=O)[O-])c(F)c1. The van der Waals surface area contributed by atoms with E-state index in [-0.39, 0.29) is 12.5 Å². The van der Waals surface area contributed by atoms with Crippen LogP contribution in [0.5, 0.6) is 0 Å². The fraction of sp³-hybridized carbons (Fsp3) is 0.455. The number of halogens is 1. The molecule has 0 aliphatic carbocycles. The van der Waals surface area contributed by atoms with Crippen LogP contribution in [-0.2, 0) is 10.0 Å². The summed E-state index contributed by atoms with van der Waals surface area (Å²) < 4.78 is 39.2. The smallest absolute Gasteiger partial charge is 0.304 e. The Hall–Kier alpha value is -1.58. The largest absolute Gasteiger partial charge is 0.391 e. The standard InChI is InChI=1S/C11H15FN2O5S/c1-7(2)11(15)6-13-20(18,19)8-3-4-10(14(16)17)9(12)5-8/h3-5,7,11,13,15H,6H2,1-2H3. The Morgan fingerprint density at radius 1 is 1.45 bits per heavy atom. The van der Waals surface area contributed by atoms with Gasteiger partial charge in [0.05, 0.1) is 15.9 Å². The van der Waals surface area contributed by atoms with E-state index >= 15 is 0 Å². The summed E-state index contributed by atoms with van der Waals surface area (Å²) in [6.45, 7) is 3.20. The first-order chi connectivity index (χ1) is 9.15. The molecule has 0 heterocycles. The number of hydrogen-bond donors (Lipinski definition) is 2. The molecular formula is C11H15FN2O5S. The summed E-state index contributed by atoms with van der Waals surface area (Å²) in [5, 5.41) is 20.0. The number of nitrogens with one attached hydrogen (secondary N) is 1. The zero-order valence-electron chi connectivity index (χ0n) is 10.9. The predicted octanol–water partition coefficient (Wildman–Crippen LogP) is 1.03. The average Bonchev–Trinajstić information content (AvgIpc) is 2.35. The van der Waals surface area contributed by atoms with Crippen LogP contribution in [0.3, 0.4) is 0 Å². The highest BCUT2D eigenvalue weighted by Gasteiger charge is 2.21. The molecule has 0 saturated carbocycles. The number of benzene rings is 1. The molecule has 7 nitrogen and oxygen atoms in total. The zero-order chi connectivity index (χ0) is 15.5. The van der Waals surface area contributed by atoms with E-state index < -0.39 is 37.5 Å². The number of nitro benzene ring substituents is 1. The van der Waals surface area contributed by atoms with Gasteiger partial charge >= 0.3 is 5.69 Å². The Bertz CT molecular complexity index is 603. The monoisotopic (exact) mass is 306 g/mol.